The molecule has 1 unspecified atom stereocenters. The van der Waals surface area contributed by atoms with Crippen molar-refractivity contribution >= 4 is 46.4 Å². The van der Waals surface area contributed by atoms with Crippen LogP contribution >= 0.6 is 23.2 Å². The molecule has 0 aromatic heterocycles. The van der Waals surface area contributed by atoms with E-state index in [2.05, 4.69) is 10.6 Å². The van der Waals surface area contributed by atoms with Gasteiger partial charge in [-0.3, -0.25) is 14.5 Å². The third-order valence-corrected chi connectivity index (χ3v) is 4.66. The third-order valence-electron chi connectivity index (χ3n) is 4.09. The van der Waals surface area contributed by atoms with E-state index in [9.17, 15) is 18.4 Å². The average molecular weight is 430 g/mol. The molecule has 1 atom stereocenters. The molecule has 0 fully saturated rings. The zero-order valence-corrected chi connectivity index (χ0v) is 16.7. The zero-order valence-electron chi connectivity index (χ0n) is 15.2. The average Bonchev–Trinajstić information content (AvgIpc) is 2.65. The lowest BCUT2D eigenvalue weighted by atomic mass is 10.2. The first-order valence-electron chi connectivity index (χ1n) is 8.46. The summed E-state index contributed by atoms with van der Waals surface area (Å²) in [5.74, 6) is -2.81. The van der Waals surface area contributed by atoms with Crippen LogP contribution in [0.3, 0.4) is 0 Å². The molecule has 2 aromatic carbocycles. The van der Waals surface area contributed by atoms with Crippen molar-refractivity contribution in [1.82, 2.24) is 4.90 Å². The number of amides is 2. The van der Waals surface area contributed by atoms with Crippen molar-refractivity contribution < 1.29 is 18.4 Å². The van der Waals surface area contributed by atoms with Crippen LogP contribution in [0, 0.1) is 11.6 Å². The van der Waals surface area contributed by atoms with Crippen molar-refractivity contribution in [3.8, 4) is 0 Å². The van der Waals surface area contributed by atoms with Crippen molar-refractivity contribution in [2.24, 2.45) is 0 Å². The molecule has 28 heavy (non-hydrogen) atoms. The number of nitrogens with one attached hydrogen (secondary N) is 2. The highest BCUT2D eigenvalue weighted by atomic mass is 35.5. The maximum absolute atomic E-state index is 13.7. The molecule has 2 amide bonds. The third kappa shape index (κ3) is 5.64. The van der Waals surface area contributed by atoms with E-state index < -0.39 is 35.2 Å². The van der Waals surface area contributed by atoms with E-state index in [1.165, 1.54) is 12.1 Å². The summed E-state index contributed by atoms with van der Waals surface area (Å²) >= 11 is 11.9. The summed E-state index contributed by atoms with van der Waals surface area (Å²) in [7, 11) is 0. The van der Waals surface area contributed by atoms with Gasteiger partial charge in [0.05, 0.1) is 23.3 Å². The Bertz CT molecular complexity index is 860. The Hall–Kier alpha value is -2.22. The highest BCUT2D eigenvalue weighted by Gasteiger charge is 2.23. The molecule has 2 N–H and O–H groups in total. The first kappa shape index (κ1) is 22.1. The number of halogens is 4. The molecule has 150 valence electrons. The summed E-state index contributed by atoms with van der Waals surface area (Å²) in [6, 6.07) is 7.23. The number of likely N-dealkylation sites (N-methyl/N-ethyl adjacent to an activating group) is 1. The Morgan fingerprint density at radius 1 is 1.11 bits per heavy atom. The highest BCUT2D eigenvalue weighted by Crippen LogP contribution is 2.25. The van der Waals surface area contributed by atoms with Crippen molar-refractivity contribution in [2.75, 3.05) is 23.7 Å². The summed E-state index contributed by atoms with van der Waals surface area (Å²) in [6.07, 6.45) is 0. The number of carbonyl (C=O) groups excluding carboxylic acids is 2. The van der Waals surface area contributed by atoms with Crippen LogP contribution in [0.5, 0.6) is 0 Å². The van der Waals surface area contributed by atoms with Gasteiger partial charge in [-0.05, 0) is 43.8 Å². The molecule has 0 aliphatic rings. The molecule has 9 heteroatoms. The number of carbonyl (C=O) groups is 2. The summed E-state index contributed by atoms with van der Waals surface area (Å²) < 4.78 is 27.3. The van der Waals surface area contributed by atoms with Crippen LogP contribution in [0.2, 0.25) is 10.0 Å². The standard InChI is InChI=1S/C19H19Cl2F2N3O2/c1-3-26(10-17(27)25-18-14(22)5-4-6-15(18)23)11(2)19(28)24-16-9-12(20)7-8-13(16)21/h4-9,11H,3,10H2,1-2H3,(H,24,28)(H,25,27). The van der Waals surface area contributed by atoms with Gasteiger partial charge < -0.3 is 10.6 Å². The number of nitrogens with zero attached hydrogens (tertiary/aromatic N) is 1. The monoisotopic (exact) mass is 429 g/mol. The van der Waals surface area contributed by atoms with Gasteiger partial charge in [0.1, 0.15) is 17.3 Å². The number of anilines is 2. The summed E-state index contributed by atoms with van der Waals surface area (Å²) in [4.78, 5) is 26.3. The van der Waals surface area contributed by atoms with Gasteiger partial charge in [0.2, 0.25) is 11.8 Å². The Morgan fingerprint density at radius 2 is 1.75 bits per heavy atom. The fourth-order valence-corrected chi connectivity index (χ4v) is 2.84. The van der Waals surface area contributed by atoms with E-state index >= 15 is 0 Å². The zero-order chi connectivity index (χ0) is 20.8. The second kappa shape index (κ2) is 9.82. The minimum atomic E-state index is -0.877. The number of hydrogen-bond donors (Lipinski definition) is 2. The molecule has 0 aliphatic heterocycles. The van der Waals surface area contributed by atoms with Crippen molar-refractivity contribution in [3.63, 3.8) is 0 Å². The van der Waals surface area contributed by atoms with E-state index in [1.807, 2.05) is 0 Å². The summed E-state index contributed by atoms with van der Waals surface area (Å²) in [5, 5.41) is 5.59. The van der Waals surface area contributed by atoms with Gasteiger partial charge >= 0.3 is 0 Å². The van der Waals surface area contributed by atoms with Crippen LogP contribution < -0.4 is 10.6 Å². The Morgan fingerprint density at radius 3 is 2.36 bits per heavy atom. The molecular weight excluding hydrogens is 411 g/mol. The molecule has 2 rings (SSSR count). The predicted octanol–water partition coefficient (Wildman–Crippen LogP) is 4.56. The fraction of sp³-hybridized carbons (Fsp3) is 0.263. The summed E-state index contributed by atoms with van der Waals surface area (Å²) in [6.45, 7) is 3.48. The smallest absolute Gasteiger partial charge is 0.241 e. The molecule has 0 saturated heterocycles. The molecule has 5 nitrogen and oxygen atoms in total. The maximum Gasteiger partial charge on any atom is 0.241 e. The van der Waals surface area contributed by atoms with Gasteiger partial charge in [0.15, 0.2) is 0 Å². The second-order valence-corrected chi connectivity index (χ2v) is 6.84. The molecule has 0 saturated carbocycles. The van der Waals surface area contributed by atoms with Crippen molar-refractivity contribution in [3.05, 3.63) is 58.1 Å². The summed E-state index contributed by atoms with van der Waals surface area (Å²) in [5.41, 5.74) is -0.175. The Balaban J connectivity index is 2.04. The lowest BCUT2D eigenvalue weighted by Crippen LogP contribution is -2.45. The minimum absolute atomic E-state index is 0.234. The molecule has 0 aliphatic carbocycles. The van der Waals surface area contributed by atoms with Gasteiger partial charge in [-0.2, -0.15) is 0 Å². The molecule has 0 radical (unpaired) electrons. The van der Waals surface area contributed by atoms with Crippen LogP contribution in [0.15, 0.2) is 36.4 Å². The van der Waals surface area contributed by atoms with Crippen LogP contribution in [0.4, 0.5) is 20.2 Å². The molecule has 0 heterocycles. The lowest BCUT2D eigenvalue weighted by Gasteiger charge is -2.26. The number of benzene rings is 2. The molecule has 0 spiro atoms. The first-order chi connectivity index (χ1) is 13.2. The number of rotatable bonds is 7. The minimum Gasteiger partial charge on any atom is -0.323 e. The molecular formula is C19H19Cl2F2N3O2. The van der Waals surface area contributed by atoms with E-state index in [4.69, 9.17) is 23.2 Å². The first-order valence-corrected chi connectivity index (χ1v) is 9.22. The highest BCUT2D eigenvalue weighted by molar-refractivity contribution is 6.35. The van der Waals surface area contributed by atoms with Crippen LogP contribution in [-0.4, -0.2) is 35.8 Å². The Labute approximate surface area is 171 Å². The molecule has 0 bridgehead atoms. The van der Waals surface area contributed by atoms with Crippen LogP contribution in [0.1, 0.15) is 13.8 Å². The van der Waals surface area contributed by atoms with E-state index in [-0.39, 0.29) is 6.54 Å². The SMILES string of the molecule is CCN(CC(=O)Nc1c(F)cccc1F)C(C)C(=O)Nc1cc(Cl)ccc1Cl. The van der Waals surface area contributed by atoms with Gasteiger partial charge in [0.25, 0.3) is 0 Å². The van der Waals surface area contributed by atoms with Crippen molar-refractivity contribution in [1.29, 1.82) is 0 Å². The van der Waals surface area contributed by atoms with Gasteiger partial charge in [0, 0.05) is 5.02 Å². The van der Waals surface area contributed by atoms with Gasteiger partial charge in [-0.15, -0.1) is 0 Å². The second-order valence-electron chi connectivity index (χ2n) is 6.00. The van der Waals surface area contributed by atoms with Gasteiger partial charge in [-0.25, -0.2) is 8.78 Å². The fourth-order valence-electron chi connectivity index (χ4n) is 2.50. The quantitative estimate of drug-likeness (QED) is 0.677. The van der Waals surface area contributed by atoms with E-state index in [0.29, 0.717) is 22.3 Å². The topological polar surface area (TPSA) is 61.4 Å². The normalized spacial score (nSPS) is 12.0. The lowest BCUT2D eigenvalue weighted by molar-refractivity contribution is -0.123. The van der Waals surface area contributed by atoms with E-state index in [1.54, 1.807) is 30.9 Å². The van der Waals surface area contributed by atoms with Crippen LogP contribution in [-0.2, 0) is 9.59 Å². The van der Waals surface area contributed by atoms with Crippen molar-refractivity contribution in [2.45, 2.75) is 19.9 Å². The largest absolute Gasteiger partial charge is 0.323 e. The maximum atomic E-state index is 13.7. The van der Waals surface area contributed by atoms with Gasteiger partial charge in [-0.1, -0.05) is 36.2 Å². The predicted molar refractivity (Wildman–Crippen MR) is 107 cm³/mol. The van der Waals surface area contributed by atoms with E-state index in [0.717, 1.165) is 12.1 Å². The molecule has 2 aromatic rings. The van der Waals surface area contributed by atoms with Crippen LogP contribution in [0.25, 0.3) is 0 Å². The number of hydrogen-bond acceptors (Lipinski definition) is 3. The number of para-hydroxylation sites is 1. The Kier molecular flexibility index (Phi) is 7.74.